The minimum Gasteiger partial charge on any atom is -0.337 e. The summed E-state index contributed by atoms with van der Waals surface area (Å²) in [6.07, 6.45) is 7.31. The molecule has 1 amide bonds. The molecule has 0 radical (unpaired) electrons. The van der Waals surface area contributed by atoms with Crippen LogP contribution in [0.5, 0.6) is 0 Å². The predicted molar refractivity (Wildman–Crippen MR) is 123 cm³/mol. The zero-order chi connectivity index (χ0) is 22.9. The summed E-state index contributed by atoms with van der Waals surface area (Å²) in [6.45, 7) is 4.62. The Morgan fingerprint density at radius 2 is 1.94 bits per heavy atom. The van der Waals surface area contributed by atoms with Crippen LogP contribution < -0.4 is 5.73 Å². The second-order valence-corrected chi connectivity index (χ2v) is 8.90. The van der Waals surface area contributed by atoms with Crippen LogP contribution in [-0.4, -0.2) is 37.5 Å². The molecular formula is C23H29ClN6O2. The Morgan fingerprint density at radius 3 is 2.62 bits per heavy atom. The first-order valence-corrected chi connectivity index (χ1v) is 11.5. The minimum atomic E-state index is -0.652. The van der Waals surface area contributed by atoms with E-state index in [0.29, 0.717) is 40.2 Å². The van der Waals surface area contributed by atoms with Gasteiger partial charge in [-0.2, -0.15) is 4.98 Å². The molecule has 0 aliphatic carbocycles. The third-order valence-electron chi connectivity index (χ3n) is 6.08. The van der Waals surface area contributed by atoms with Gasteiger partial charge in [0.15, 0.2) is 0 Å². The topological polar surface area (TPSA) is 103 Å². The van der Waals surface area contributed by atoms with E-state index in [0.717, 1.165) is 44.2 Å². The van der Waals surface area contributed by atoms with Crippen molar-refractivity contribution in [2.24, 2.45) is 5.73 Å². The van der Waals surface area contributed by atoms with E-state index in [-0.39, 0.29) is 5.91 Å². The molecule has 3 aromatic rings. The zero-order valence-corrected chi connectivity index (χ0v) is 19.5. The van der Waals surface area contributed by atoms with Crippen molar-refractivity contribution < 1.29 is 9.32 Å². The van der Waals surface area contributed by atoms with Crippen LogP contribution in [0.4, 0.5) is 0 Å². The summed E-state index contributed by atoms with van der Waals surface area (Å²) in [5.74, 6) is 0.676. The van der Waals surface area contributed by atoms with Gasteiger partial charge in [0, 0.05) is 7.05 Å². The molecule has 1 aliphatic rings. The van der Waals surface area contributed by atoms with Crippen molar-refractivity contribution in [1.29, 1.82) is 0 Å². The molecule has 1 aliphatic heterocycles. The van der Waals surface area contributed by atoms with Gasteiger partial charge in [-0.05, 0) is 25.0 Å². The first-order chi connectivity index (χ1) is 15.4. The van der Waals surface area contributed by atoms with Gasteiger partial charge in [0.1, 0.15) is 12.0 Å². The number of nitrogens with zero attached hydrogens (tertiary/aromatic N) is 5. The van der Waals surface area contributed by atoms with Gasteiger partial charge >= 0.3 is 0 Å². The molecule has 170 valence electrons. The van der Waals surface area contributed by atoms with Crippen molar-refractivity contribution in [2.75, 3.05) is 7.05 Å². The smallest absolute Gasteiger partial charge is 0.257 e. The molecule has 0 fully saturated rings. The molecule has 1 aromatic carbocycles. The largest absolute Gasteiger partial charge is 0.337 e. The Hall–Kier alpha value is -2.71. The highest BCUT2D eigenvalue weighted by Gasteiger charge is 2.34. The molecule has 0 unspecified atom stereocenters. The van der Waals surface area contributed by atoms with Crippen molar-refractivity contribution in [3.63, 3.8) is 0 Å². The number of rotatable bonds is 8. The van der Waals surface area contributed by atoms with Gasteiger partial charge in [-0.15, -0.1) is 0 Å². The molecule has 0 atom stereocenters. The Morgan fingerprint density at radius 1 is 1.22 bits per heavy atom. The van der Waals surface area contributed by atoms with E-state index >= 15 is 0 Å². The molecule has 3 heterocycles. The maximum absolute atomic E-state index is 12.9. The fourth-order valence-corrected chi connectivity index (χ4v) is 4.43. The maximum atomic E-state index is 12.9. The molecule has 0 bridgehead atoms. The quantitative estimate of drug-likeness (QED) is 0.527. The van der Waals surface area contributed by atoms with Gasteiger partial charge in [0.25, 0.3) is 5.91 Å². The van der Waals surface area contributed by atoms with Crippen molar-refractivity contribution in [3.8, 4) is 17.2 Å². The minimum absolute atomic E-state index is 0.144. The van der Waals surface area contributed by atoms with E-state index in [4.69, 9.17) is 21.9 Å². The van der Waals surface area contributed by atoms with E-state index < -0.39 is 5.54 Å². The lowest BCUT2D eigenvalue weighted by atomic mass is 9.88. The van der Waals surface area contributed by atoms with E-state index in [1.807, 2.05) is 16.7 Å². The van der Waals surface area contributed by atoms with Crippen molar-refractivity contribution in [2.45, 2.75) is 64.5 Å². The lowest BCUT2D eigenvalue weighted by Gasteiger charge is -2.25. The van der Waals surface area contributed by atoms with E-state index in [2.05, 4.69) is 29.0 Å². The molecule has 0 spiro atoms. The van der Waals surface area contributed by atoms with Crippen LogP contribution in [0.15, 0.2) is 29.0 Å². The molecule has 0 saturated heterocycles. The molecule has 9 heteroatoms. The van der Waals surface area contributed by atoms with Gasteiger partial charge < -0.3 is 15.2 Å². The lowest BCUT2D eigenvalue weighted by Crippen LogP contribution is -2.37. The highest BCUT2D eigenvalue weighted by molar-refractivity contribution is 6.34. The SMILES string of the molecule is CCCCC(N)(CCCC)c1nc(-c2ncn3c2CN(C)C(=O)c2c(Cl)cccc2-3)no1. The standard InChI is InChI=1S/C23H29ClN6O2/c1-4-6-11-23(25,12-7-5-2)22-27-20(28-32-22)19-17-13-29(3)21(31)18-15(24)9-8-10-16(18)30(17)14-26-19/h8-10,14H,4-7,11-13,25H2,1-3H3. The van der Waals surface area contributed by atoms with Crippen LogP contribution in [0.1, 0.15) is 74.3 Å². The number of benzene rings is 1. The second-order valence-electron chi connectivity index (χ2n) is 8.49. The maximum Gasteiger partial charge on any atom is 0.257 e. The van der Waals surface area contributed by atoms with Crippen LogP contribution in [0.2, 0.25) is 5.02 Å². The number of carbonyl (C=O) groups excluding carboxylic acids is 1. The Bertz CT molecular complexity index is 1110. The number of nitrogens with two attached hydrogens (primary N) is 1. The number of hydrogen-bond donors (Lipinski definition) is 1. The summed E-state index contributed by atoms with van der Waals surface area (Å²) in [4.78, 5) is 23.8. The van der Waals surface area contributed by atoms with Gasteiger partial charge in [0.2, 0.25) is 11.7 Å². The van der Waals surface area contributed by atoms with Crippen molar-refractivity contribution in [1.82, 2.24) is 24.6 Å². The van der Waals surface area contributed by atoms with E-state index in [9.17, 15) is 4.79 Å². The van der Waals surface area contributed by atoms with Crippen LogP contribution in [-0.2, 0) is 12.1 Å². The van der Waals surface area contributed by atoms with Crippen LogP contribution in [0.3, 0.4) is 0 Å². The zero-order valence-electron chi connectivity index (χ0n) is 18.8. The average molecular weight is 457 g/mol. The van der Waals surface area contributed by atoms with Gasteiger partial charge in [0.05, 0.1) is 34.1 Å². The van der Waals surface area contributed by atoms with E-state index in [1.54, 1.807) is 24.3 Å². The van der Waals surface area contributed by atoms with Crippen molar-refractivity contribution >= 4 is 17.5 Å². The molecule has 2 N–H and O–H groups in total. The number of aromatic nitrogens is 4. The van der Waals surface area contributed by atoms with Gasteiger partial charge in [-0.1, -0.05) is 62.4 Å². The predicted octanol–water partition coefficient (Wildman–Crippen LogP) is 4.70. The number of unbranched alkanes of at least 4 members (excludes halogenated alkanes) is 2. The van der Waals surface area contributed by atoms with Crippen molar-refractivity contribution in [3.05, 3.63) is 46.7 Å². The monoisotopic (exact) mass is 456 g/mol. The second kappa shape index (κ2) is 9.03. The fraction of sp³-hybridized carbons (Fsp3) is 0.478. The number of carbonyl (C=O) groups is 1. The number of hydrogen-bond acceptors (Lipinski definition) is 6. The normalized spacial score (nSPS) is 13.8. The van der Waals surface area contributed by atoms with E-state index in [1.165, 1.54) is 0 Å². The summed E-state index contributed by atoms with van der Waals surface area (Å²) < 4.78 is 7.54. The Labute approximate surface area is 192 Å². The van der Waals surface area contributed by atoms with Crippen LogP contribution in [0.25, 0.3) is 17.2 Å². The number of halogens is 1. The molecule has 4 rings (SSSR count). The molecule has 8 nitrogen and oxygen atoms in total. The molecule has 32 heavy (non-hydrogen) atoms. The highest BCUT2D eigenvalue weighted by Crippen LogP contribution is 2.34. The average Bonchev–Trinajstić information content (AvgIpc) is 3.41. The lowest BCUT2D eigenvalue weighted by molar-refractivity contribution is 0.0788. The Balaban J connectivity index is 1.76. The summed E-state index contributed by atoms with van der Waals surface area (Å²) in [5.41, 5.74) is 8.60. The third-order valence-corrected chi connectivity index (χ3v) is 6.40. The van der Waals surface area contributed by atoms with Gasteiger partial charge in [-0.25, -0.2) is 4.98 Å². The summed E-state index contributed by atoms with van der Waals surface area (Å²) in [5, 5.41) is 4.63. The summed E-state index contributed by atoms with van der Waals surface area (Å²) >= 11 is 6.37. The Kier molecular flexibility index (Phi) is 6.35. The third kappa shape index (κ3) is 3.93. The highest BCUT2D eigenvalue weighted by atomic mass is 35.5. The number of fused-ring (bicyclic) bond motifs is 3. The first kappa shape index (κ1) is 22.5. The molecular weight excluding hydrogens is 428 g/mol. The van der Waals surface area contributed by atoms with Crippen LogP contribution >= 0.6 is 11.6 Å². The first-order valence-electron chi connectivity index (χ1n) is 11.1. The fourth-order valence-electron chi connectivity index (χ4n) is 4.18. The number of amides is 1. The molecule has 2 aromatic heterocycles. The summed E-state index contributed by atoms with van der Waals surface area (Å²) in [6, 6.07) is 5.39. The summed E-state index contributed by atoms with van der Waals surface area (Å²) in [7, 11) is 1.74. The number of imidazole rings is 1. The van der Waals surface area contributed by atoms with Crippen LogP contribution in [0, 0.1) is 0 Å². The van der Waals surface area contributed by atoms with Gasteiger partial charge in [-0.3, -0.25) is 9.36 Å². The molecule has 0 saturated carbocycles.